The summed E-state index contributed by atoms with van der Waals surface area (Å²) >= 11 is 0. The molecular weight excluding hydrogens is 464 g/mol. The molecule has 0 saturated heterocycles. The number of hydrogen-bond donors (Lipinski definition) is 0. The van der Waals surface area contributed by atoms with Crippen molar-refractivity contribution < 1.29 is 13.6 Å². The van der Waals surface area contributed by atoms with Gasteiger partial charge in [-0.3, -0.25) is 0 Å². The van der Waals surface area contributed by atoms with Gasteiger partial charge in [0.2, 0.25) is 0 Å². The Labute approximate surface area is 218 Å². The second-order valence-electron chi connectivity index (χ2n) is 11.7. The average Bonchev–Trinajstić information content (AvgIpc) is 3.20. The third-order valence-electron chi connectivity index (χ3n) is 8.49. The molecule has 3 nitrogen and oxygen atoms in total. The van der Waals surface area contributed by atoms with E-state index in [2.05, 4.69) is 73.4 Å². The van der Waals surface area contributed by atoms with E-state index in [-0.39, 0.29) is 11.1 Å². The van der Waals surface area contributed by atoms with Crippen LogP contribution in [-0.2, 0) is 8.85 Å². The van der Waals surface area contributed by atoms with E-state index in [4.69, 9.17) is 13.6 Å². The average molecular weight is 517 g/mol. The first-order valence-electron chi connectivity index (χ1n) is 13.8. The number of rotatable bonds is 15. The predicted octanol–water partition coefficient (Wildman–Crippen LogP) is 9.15. The van der Waals surface area contributed by atoms with Gasteiger partial charge in [-0.25, -0.2) is 0 Å². The molecule has 0 bridgehead atoms. The molecule has 0 unspecified atom stereocenters. The first kappa shape index (κ1) is 30.1. The van der Waals surface area contributed by atoms with Crippen molar-refractivity contribution in [2.24, 2.45) is 5.92 Å². The Kier molecular flexibility index (Phi) is 11.5. The van der Waals surface area contributed by atoms with Gasteiger partial charge in [-0.05, 0) is 74.1 Å². The Morgan fingerprint density at radius 3 is 2.23 bits per heavy atom. The van der Waals surface area contributed by atoms with Gasteiger partial charge in [0.25, 0.3) is 0 Å². The number of para-hydroxylation sites is 1. The molecule has 0 N–H and O–H groups in total. The molecule has 1 aliphatic rings. The Bertz CT molecular complexity index is 785. The molecule has 0 heterocycles. The van der Waals surface area contributed by atoms with Crippen molar-refractivity contribution in [2.45, 2.75) is 116 Å². The minimum Gasteiger partial charge on any atom is -0.491 e. The van der Waals surface area contributed by atoms with Crippen LogP contribution in [0.5, 0.6) is 5.75 Å². The van der Waals surface area contributed by atoms with E-state index in [1.54, 1.807) is 0 Å². The number of hydrogen-bond acceptors (Lipinski definition) is 3. The summed E-state index contributed by atoms with van der Waals surface area (Å²) in [6.45, 7) is 23.2. The van der Waals surface area contributed by atoms with Crippen molar-refractivity contribution in [3.05, 3.63) is 54.6 Å². The Balaban J connectivity index is 2.11. The summed E-state index contributed by atoms with van der Waals surface area (Å²) in [7, 11) is -3.55. The minimum absolute atomic E-state index is 0.0803. The molecule has 0 spiro atoms. The van der Waals surface area contributed by atoms with Gasteiger partial charge < -0.3 is 13.6 Å². The largest absolute Gasteiger partial charge is 0.491 e. The van der Waals surface area contributed by atoms with Crippen LogP contribution in [0.4, 0.5) is 0 Å². The molecule has 5 heteroatoms. The van der Waals surface area contributed by atoms with Crippen LogP contribution < -0.4 is 4.74 Å². The molecule has 0 aromatic heterocycles. The lowest BCUT2D eigenvalue weighted by molar-refractivity contribution is 0.106. The van der Waals surface area contributed by atoms with Crippen molar-refractivity contribution in [1.29, 1.82) is 0 Å². The Morgan fingerprint density at radius 2 is 1.69 bits per heavy atom. The van der Waals surface area contributed by atoms with Gasteiger partial charge in [-0.2, -0.15) is 0 Å². The minimum atomic E-state index is -1.91. The number of ether oxygens (including phenoxy) is 1. The van der Waals surface area contributed by atoms with Crippen LogP contribution >= 0.6 is 0 Å². The molecule has 1 aromatic rings. The highest BCUT2D eigenvalue weighted by atomic mass is 28.4. The normalized spacial score (nSPS) is 19.9. The summed E-state index contributed by atoms with van der Waals surface area (Å²) < 4.78 is 20.0. The topological polar surface area (TPSA) is 27.7 Å². The van der Waals surface area contributed by atoms with Gasteiger partial charge in [-0.1, -0.05) is 77.5 Å². The summed E-state index contributed by atoms with van der Waals surface area (Å²) in [4.78, 5) is 0. The second kappa shape index (κ2) is 13.4. The fourth-order valence-corrected chi connectivity index (χ4v) is 9.12. The van der Waals surface area contributed by atoms with Crippen LogP contribution in [0.15, 0.2) is 54.6 Å². The van der Waals surface area contributed by atoms with E-state index >= 15 is 0 Å². The van der Waals surface area contributed by atoms with Crippen LogP contribution in [0.2, 0.25) is 36.3 Å². The van der Waals surface area contributed by atoms with Gasteiger partial charge in [0.05, 0.1) is 12.2 Å². The predicted molar refractivity (Wildman–Crippen MR) is 156 cm³/mol. The zero-order valence-corrected chi connectivity index (χ0v) is 25.9. The van der Waals surface area contributed by atoms with Crippen molar-refractivity contribution in [1.82, 2.24) is 0 Å². The number of allylic oxidation sites excluding steroid dienone is 1. The molecule has 1 aliphatic carbocycles. The zero-order valence-electron chi connectivity index (χ0n) is 23.9. The second-order valence-corrected chi connectivity index (χ2v) is 21.2. The molecule has 1 aromatic carbocycles. The van der Waals surface area contributed by atoms with E-state index in [1.807, 2.05) is 30.3 Å². The molecule has 0 saturated carbocycles. The Morgan fingerprint density at radius 1 is 1.06 bits per heavy atom. The molecule has 0 amide bonds. The maximum atomic E-state index is 6.97. The smallest absolute Gasteiger partial charge is 0.192 e. The summed E-state index contributed by atoms with van der Waals surface area (Å²) in [5, 5.41) is 0.170. The molecule has 35 heavy (non-hydrogen) atoms. The molecule has 2 rings (SSSR count). The van der Waals surface area contributed by atoms with Crippen LogP contribution in [0.3, 0.4) is 0 Å². The van der Waals surface area contributed by atoms with Crippen LogP contribution in [0.1, 0.15) is 67.2 Å². The van der Waals surface area contributed by atoms with Gasteiger partial charge >= 0.3 is 0 Å². The highest BCUT2D eigenvalue weighted by molar-refractivity contribution is 6.74. The quantitative estimate of drug-likeness (QED) is 0.172. The third-order valence-corrected chi connectivity index (χ3v) is 17.7. The zero-order chi connectivity index (χ0) is 26.1. The maximum Gasteiger partial charge on any atom is 0.192 e. The number of benzene rings is 1. The van der Waals surface area contributed by atoms with Crippen molar-refractivity contribution >= 4 is 16.6 Å². The first-order chi connectivity index (χ1) is 16.5. The molecule has 0 aliphatic heterocycles. The molecule has 0 fully saturated rings. The highest BCUT2D eigenvalue weighted by Crippen LogP contribution is 2.40. The highest BCUT2D eigenvalue weighted by Gasteiger charge is 2.40. The Hall–Kier alpha value is -1.15. The van der Waals surface area contributed by atoms with Crippen LogP contribution in [0.25, 0.3) is 0 Å². The fourth-order valence-electron chi connectivity index (χ4n) is 4.85. The third kappa shape index (κ3) is 8.45. The molecular formula is C30H52O3Si2. The lowest BCUT2D eigenvalue weighted by Gasteiger charge is -2.39. The summed E-state index contributed by atoms with van der Waals surface area (Å²) in [5.41, 5.74) is 1.53. The van der Waals surface area contributed by atoms with E-state index in [9.17, 15) is 0 Å². The standard InChI is InChI=1S/C30H52O3Si2/c1-10-17-28-25(21-23-29(28)33-35(11-2,12-3)13-4)20-22-27(32-34(8,9)30(5,6)7)24-31-26-18-15-14-16-19-26/h10,14-16,18-19,21,27-29H,1,11-13,17,20,22-24H2,2-9H3/t27-,28-,29+/m1/s1. The summed E-state index contributed by atoms with van der Waals surface area (Å²) in [6.07, 6.45) is 8.98. The molecule has 198 valence electrons. The fraction of sp³-hybridized carbons (Fsp3) is 0.667. The van der Waals surface area contributed by atoms with E-state index in [1.165, 1.54) is 23.7 Å². The van der Waals surface area contributed by atoms with Gasteiger partial charge in [-0.15, -0.1) is 6.58 Å². The molecule has 0 radical (unpaired) electrons. The van der Waals surface area contributed by atoms with Crippen LogP contribution in [0, 0.1) is 5.92 Å². The van der Waals surface area contributed by atoms with Crippen molar-refractivity contribution in [3.8, 4) is 5.75 Å². The molecule has 3 atom stereocenters. The van der Waals surface area contributed by atoms with E-state index < -0.39 is 16.6 Å². The first-order valence-corrected chi connectivity index (χ1v) is 19.3. The summed E-state index contributed by atoms with van der Waals surface area (Å²) in [6, 6.07) is 13.7. The monoisotopic (exact) mass is 516 g/mol. The van der Waals surface area contributed by atoms with E-state index in [0.717, 1.165) is 31.4 Å². The summed E-state index contributed by atoms with van der Waals surface area (Å²) in [5.74, 6) is 1.36. The SMILES string of the molecule is C=CC[C@@H]1C(CC[C@H](COc2ccccc2)O[Si](C)(C)C(C)(C)C)=CC[C@@H]1O[Si](CC)(CC)CC. The van der Waals surface area contributed by atoms with Gasteiger partial charge in [0, 0.05) is 5.92 Å². The van der Waals surface area contributed by atoms with Gasteiger partial charge in [0.15, 0.2) is 16.6 Å². The van der Waals surface area contributed by atoms with Crippen molar-refractivity contribution in [2.75, 3.05) is 6.61 Å². The van der Waals surface area contributed by atoms with Crippen LogP contribution in [-0.4, -0.2) is 35.4 Å². The maximum absolute atomic E-state index is 6.97. The lowest BCUT2D eigenvalue weighted by atomic mass is 9.92. The van der Waals surface area contributed by atoms with Crippen molar-refractivity contribution in [3.63, 3.8) is 0 Å². The van der Waals surface area contributed by atoms with E-state index in [0.29, 0.717) is 18.6 Å². The van der Waals surface area contributed by atoms with Gasteiger partial charge in [0.1, 0.15) is 12.4 Å². The lowest BCUT2D eigenvalue weighted by Crippen LogP contribution is -2.45.